The van der Waals surface area contributed by atoms with Gasteiger partial charge in [0.1, 0.15) is 17.6 Å². The molecule has 170 valence electrons. The lowest BCUT2D eigenvalue weighted by atomic mass is 10.0. The number of carboxylic acids is 1. The van der Waals surface area contributed by atoms with Crippen LogP contribution in [0.1, 0.15) is 45.0 Å². The molecule has 0 spiro atoms. The van der Waals surface area contributed by atoms with E-state index in [-0.39, 0.29) is 17.6 Å². The lowest BCUT2D eigenvalue weighted by Gasteiger charge is -2.26. The summed E-state index contributed by atoms with van der Waals surface area (Å²) >= 11 is 5.72. The fraction of sp³-hybridized carbons (Fsp3) is 0.154. The first kappa shape index (κ1) is 21.8. The van der Waals surface area contributed by atoms with Crippen molar-refractivity contribution in [2.45, 2.75) is 25.6 Å². The van der Waals surface area contributed by atoms with E-state index in [1.165, 1.54) is 0 Å². The number of aromatic carboxylic acids is 1. The first-order valence-corrected chi connectivity index (χ1v) is 11.2. The summed E-state index contributed by atoms with van der Waals surface area (Å²) in [6, 6.07) is 18.2. The molecule has 34 heavy (non-hydrogen) atoms. The smallest absolute Gasteiger partial charge is 0.335 e. The summed E-state index contributed by atoms with van der Waals surface area (Å²) in [5, 5.41) is 13.3. The normalized spacial score (nSPS) is 17.6. The van der Waals surface area contributed by atoms with Crippen LogP contribution in [-0.2, 0) is 6.54 Å². The molecule has 8 heteroatoms. The summed E-state index contributed by atoms with van der Waals surface area (Å²) in [5.74, 6) is 0.455. The number of nitrogens with one attached hydrogen (secondary N) is 1. The van der Waals surface area contributed by atoms with Crippen LogP contribution in [0.4, 0.5) is 0 Å². The van der Waals surface area contributed by atoms with Gasteiger partial charge in [0.05, 0.1) is 17.3 Å². The van der Waals surface area contributed by atoms with E-state index in [2.05, 4.69) is 20.2 Å². The van der Waals surface area contributed by atoms with Gasteiger partial charge < -0.3 is 19.7 Å². The number of furan rings is 1. The second-order valence-corrected chi connectivity index (χ2v) is 8.54. The summed E-state index contributed by atoms with van der Waals surface area (Å²) in [4.78, 5) is 22.2. The average Bonchev–Trinajstić information content (AvgIpc) is 3.45. The Balaban J connectivity index is 1.53. The molecule has 2 atom stereocenters. The molecule has 4 aromatic rings. The number of carboxylic acid groups (broad SMARTS) is 1. The van der Waals surface area contributed by atoms with E-state index < -0.39 is 5.97 Å². The van der Waals surface area contributed by atoms with E-state index in [0.717, 1.165) is 28.1 Å². The minimum absolute atomic E-state index is 0.195. The van der Waals surface area contributed by atoms with Gasteiger partial charge in [-0.2, -0.15) is 0 Å². The average molecular weight is 471 g/mol. The molecule has 4 heterocycles. The van der Waals surface area contributed by atoms with E-state index >= 15 is 0 Å². The Hall–Kier alpha value is -4.04. The van der Waals surface area contributed by atoms with Crippen molar-refractivity contribution in [3.8, 4) is 11.3 Å². The Bertz CT molecular complexity index is 1340. The lowest BCUT2D eigenvalue weighted by Crippen LogP contribution is -2.29. The van der Waals surface area contributed by atoms with Crippen LogP contribution in [-0.4, -0.2) is 31.1 Å². The number of hydrogen-bond acceptors (Lipinski definition) is 5. The molecule has 0 saturated carbocycles. The molecule has 7 nitrogen and oxygen atoms in total. The third-order valence-electron chi connectivity index (χ3n) is 5.93. The Morgan fingerprint density at radius 3 is 2.74 bits per heavy atom. The Morgan fingerprint density at radius 1 is 1.15 bits per heavy atom. The van der Waals surface area contributed by atoms with Crippen molar-refractivity contribution in [2.24, 2.45) is 0 Å². The van der Waals surface area contributed by atoms with Gasteiger partial charge in [-0.25, -0.2) is 4.79 Å². The zero-order chi connectivity index (χ0) is 23.7. The van der Waals surface area contributed by atoms with Crippen LogP contribution in [0.3, 0.4) is 0 Å². The number of pyridine rings is 2. The Kier molecular flexibility index (Phi) is 5.81. The molecule has 1 saturated heterocycles. The van der Waals surface area contributed by atoms with Crippen LogP contribution < -0.4 is 5.32 Å². The minimum atomic E-state index is -0.954. The van der Waals surface area contributed by atoms with Crippen molar-refractivity contribution in [3.05, 3.63) is 107 Å². The highest BCUT2D eigenvalue weighted by molar-refractivity contribution is 7.80. The van der Waals surface area contributed by atoms with E-state index in [4.69, 9.17) is 16.6 Å². The molecular formula is C26H22N4O3S. The first-order valence-electron chi connectivity index (χ1n) is 10.8. The minimum Gasteiger partial charge on any atom is -0.478 e. The molecule has 1 aliphatic rings. The maximum absolute atomic E-state index is 11.3. The van der Waals surface area contributed by atoms with Gasteiger partial charge in [-0.1, -0.05) is 18.2 Å². The zero-order valence-corrected chi connectivity index (χ0v) is 19.2. The molecule has 1 aliphatic heterocycles. The van der Waals surface area contributed by atoms with Crippen LogP contribution in [0, 0.1) is 6.92 Å². The number of aromatic nitrogens is 2. The van der Waals surface area contributed by atoms with Gasteiger partial charge in [-0.15, -0.1) is 0 Å². The van der Waals surface area contributed by atoms with Crippen molar-refractivity contribution in [2.75, 3.05) is 0 Å². The largest absolute Gasteiger partial charge is 0.478 e. The highest BCUT2D eigenvalue weighted by Crippen LogP contribution is 2.41. The van der Waals surface area contributed by atoms with Crippen LogP contribution in [0.2, 0.25) is 0 Å². The van der Waals surface area contributed by atoms with Crippen LogP contribution in [0.15, 0.2) is 83.7 Å². The number of rotatable bonds is 6. The second-order valence-electron chi connectivity index (χ2n) is 8.15. The van der Waals surface area contributed by atoms with E-state index in [9.17, 15) is 9.90 Å². The SMILES string of the molecule is Cc1cc(C(=O)O)ccc1-c1ccc([C@H]2[C@@H](c3ccccn3)NC(=S)N2Cc2cccnc2)o1. The van der Waals surface area contributed by atoms with Crippen molar-refractivity contribution in [1.82, 2.24) is 20.2 Å². The maximum Gasteiger partial charge on any atom is 0.335 e. The third-order valence-corrected chi connectivity index (χ3v) is 6.28. The standard InChI is InChI=1S/C26H22N4O3S/c1-16-13-18(25(31)32)7-8-19(16)21-9-10-22(33-21)24-23(20-6-2-3-12-28-20)29-26(34)30(24)15-17-5-4-11-27-14-17/h2-14,23-24H,15H2,1H3,(H,29,34)(H,31,32)/t23-,24+/m1/s1. The molecule has 0 aliphatic carbocycles. The van der Waals surface area contributed by atoms with Gasteiger partial charge in [0.2, 0.25) is 0 Å². The molecule has 1 fully saturated rings. The van der Waals surface area contributed by atoms with Crippen molar-refractivity contribution < 1.29 is 14.3 Å². The van der Waals surface area contributed by atoms with Crippen LogP contribution in [0.5, 0.6) is 0 Å². The molecular weight excluding hydrogens is 448 g/mol. The molecule has 0 amide bonds. The van der Waals surface area contributed by atoms with Gasteiger partial charge in [-0.3, -0.25) is 9.97 Å². The van der Waals surface area contributed by atoms with Crippen LogP contribution in [0.25, 0.3) is 11.3 Å². The number of carbonyl (C=O) groups is 1. The lowest BCUT2D eigenvalue weighted by molar-refractivity contribution is 0.0697. The summed E-state index contributed by atoms with van der Waals surface area (Å²) in [6.45, 7) is 2.44. The van der Waals surface area contributed by atoms with Gasteiger partial charge in [0.25, 0.3) is 0 Å². The fourth-order valence-electron chi connectivity index (χ4n) is 4.30. The molecule has 0 radical (unpaired) electrons. The summed E-state index contributed by atoms with van der Waals surface area (Å²) in [5.41, 5.74) is 3.82. The zero-order valence-electron chi connectivity index (χ0n) is 18.4. The summed E-state index contributed by atoms with van der Waals surface area (Å²) in [6.07, 6.45) is 5.34. The molecule has 0 unspecified atom stereocenters. The van der Waals surface area contributed by atoms with Gasteiger partial charge in [0, 0.05) is 30.7 Å². The van der Waals surface area contributed by atoms with Crippen molar-refractivity contribution >= 4 is 23.3 Å². The second kappa shape index (κ2) is 9.07. The number of aryl methyl sites for hydroxylation is 1. The number of thiocarbonyl (C=S) groups is 1. The highest BCUT2D eigenvalue weighted by Gasteiger charge is 2.41. The van der Waals surface area contributed by atoms with Gasteiger partial charge in [-0.05, 0) is 72.7 Å². The molecule has 3 aromatic heterocycles. The Labute approximate surface area is 202 Å². The summed E-state index contributed by atoms with van der Waals surface area (Å²) < 4.78 is 6.37. The monoisotopic (exact) mass is 470 g/mol. The quantitative estimate of drug-likeness (QED) is 0.384. The molecule has 2 N–H and O–H groups in total. The third kappa shape index (κ3) is 4.15. The Morgan fingerprint density at radius 2 is 2.03 bits per heavy atom. The molecule has 1 aromatic carbocycles. The molecule has 5 rings (SSSR count). The highest BCUT2D eigenvalue weighted by atomic mass is 32.1. The van der Waals surface area contributed by atoms with E-state index in [0.29, 0.717) is 17.4 Å². The van der Waals surface area contributed by atoms with Crippen molar-refractivity contribution in [3.63, 3.8) is 0 Å². The van der Waals surface area contributed by atoms with Crippen molar-refractivity contribution in [1.29, 1.82) is 0 Å². The number of hydrogen-bond donors (Lipinski definition) is 2. The predicted octanol–water partition coefficient (Wildman–Crippen LogP) is 4.92. The van der Waals surface area contributed by atoms with E-state index in [1.54, 1.807) is 30.6 Å². The molecule has 0 bridgehead atoms. The topological polar surface area (TPSA) is 91.5 Å². The van der Waals surface area contributed by atoms with Gasteiger partial charge >= 0.3 is 5.97 Å². The van der Waals surface area contributed by atoms with Gasteiger partial charge in [0.15, 0.2) is 5.11 Å². The number of benzene rings is 1. The number of nitrogens with zero attached hydrogens (tertiary/aromatic N) is 3. The summed E-state index contributed by atoms with van der Waals surface area (Å²) in [7, 11) is 0. The maximum atomic E-state index is 11.3. The van der Waals surface area contributed by atoms with Crippen LogP contribution >= 0.6 is 12.2 Å². The first-order chi connectivity index (χ1) is 16.5. The van der Waals surface area contributed by atoms with E-state index in [1.807, 2.05) is 55.6 Å². The predicted molar refractivity (Wildman–Crippen MR) is 131 cm³/mol. The fourth-order valence-corrected chi connectivity index (χ4v) is 4.61.